The van der Waals surface area contributed by atoms with Crippen molar-refractivity contribution < 1.29 is 0 Å². The molecule has 0 fully saturated rings. The van der Waals surface area contributed by atoms with Gasteiger partial charge in [-0.2, -0.15) is 0 Å². The SMILES string of the molecule is C(=C[C@H](Nc1ccccc1)c1ccccc1)=C[C@H](Nc1ccccc1)c1ccccc1. The Hall–Kier alpha value is -4.00. The molecule has 0 heterocycles. The van der Waals surface area contributed by atoms with Crippen LogP contribution in [0.15, 0.2) is 139 Å². The van der Waals surface area contributed by atoms with E-state index in [1.165, 1.54) is 11.1 Å². The second kappa shape index (κ2) is 10.7. The highest BCUT2D eigenvalue weighted by Gasteiger charge is 2.09. The smallest absolute Gasteiger partial charge is 0.0771 e. The second-order valence-corrected chi connectivity index (χ2v) is 7.30. The number of hydrogen-bond donors (Lipinski definition) is 2. The van der Waals surface area contributed by atoms with Crippen molar-refractivity contribution in [1.29, 1.82) is 0 Å². The maximum atomic E-state index is 3.60. The predicted molar refractivity (Wildman–Crippen MR) is 131 cm³/mol. The van der Waals surface area contributed by atoms with E-state index in [2.05, 4.69) is 101 Å². The van der Waals surface area contributed by atoms with Gasteiger partial charge in [-0.25, -0.2) is 0 Å². The summed E-state index contributed by atoms with van der Waals surface area (Å²) in [5.41, 5.74) is 8.00. The minimum atomic E-state index is 0.0213. The van der Waals surface area contributed by atoms with Crippen LogP contribution in [0.2, 0.25) is 0 Å². The van der Waals surface area contributed by atoms with Crippen molar-refractivity contribution in [2.24, 2.45) is 0 Å². The van der Waals surface area contributed by atoms with E-state index >= 15 is 0 Å². The van der Waals surface area contributed by atoms with Crippen molar-refractivity contribution in [3.8, 4) is 0 Å². The molecule has 0 radical (unpaired) electrons. The average Bonchev–Trinajstić information content (AvgIpc) is 2.85. The van der Waals surface area contributed by atoms with Gasteiger partial charge in [0.2, 0.25) is 0 Å². The summed E-state index contributed by atoms with van der Waals surface area (Å²) in [4.78, 5) is 0. The first-order chi connectivity index (χ1) is 15.4. The minimum absolute atomic E-state index is 0.0213. The second-order valence-electron chi connectivity index (χ2n) is 7.30. The molecule has 0 aliphatic carbocycles. The Kier molecular flexibility index (Phi) is 6.99. The molecule has 0 aromatic heterocycles. The molecule has 31 heavy (non-hydrogen) atoms. The van der Waals surface area contributed by atoms with Crippen molar-refractivity contribution in [1.82, 2.24) is 0 Å². The Morgan fingerprint density at radius 3 is 1.13 bits per heavy atom. The molecule has 4 rings (SSSR count). The van der Waals surface area contributed by atoms with Crippen molar-refractivity contribution in [3.05, 3.63) is 150 Å². The monoisotopic (exact) mass is 402 g/mol. The van der Waals surface area contributed by atoms with E-state index in [4.69, 9.17) is 0 Å². The Labute approximate surface area is 184 Å². The fraction of sp³-hybridized carbons (Fsp3) is 0.0690. The van der Waals surface area contributed by atoms with Crippen LogP contribution in [0.3, 0.4) is 0 Å². The van der Waals surface area contributed by atoms with Gasteiger partial charge < -0.3 is 10.6 Å². The molecular weight excluding hydrogens is 376 g/mol. The van der Waals surface area contributed by atoms with Crippen LogP contribution in [0, 0.1) is 0 Å². The van der Waals surface area contributed by atoms with E-state index in [1.54, 1.807) is 0 Å². The first-order valence-electron chi connectivity index (χ1n) is 10.5. The summed E-state index contributed by atoms with van der Waals surface area (Å²) in [6.45, 7) is 0. The Morgan fingerprint density at radius 2 is 0.774 bits per heavy atom. The molecule has 0 spiro atoms. The summed E-state index contributed by atoms with van der Waals surface area (Å²) in [5.74, 6) is 0. The molecule has 0 aliphatic heterocycles. The number of benzene rings is 4. The first-order valence-corrected chi connectivity index (χ1v) is 10.5. The highest BCUT2D eigenvalue weighted by molar-refractivity contribution is 5.48. The van der Waals surface area contributed by atoms with E-state index in [0.717, 1.165) is 11.4 Å². The number of rotatable bonds is 8. The molecule has 0 saturated carbocycles. The van der Waals surface area contributed by atoms with Gasteiger partial charge in [0.15, 0.2) is 0 Å². The van der Waals surface area contributed by atoms with Crippen LogP contribution >= 0.6 is 0 Å². The van der Waals surface area contributed by atoms with Gasteiger partial charge in [-0.3, -0.25) is 0 Å². The zero-order valence-corrected chi connectivity index (χ0v) is 17.4. The summed E-state index contributed by atoms with van der Waals surface area (Å²) < 4.78 is 0. The fourth-order valence-electron chi connectivity index (χ4n) is 3.44. The number of para-hydroxylation sites is 2. The van der Waals surface area contributed by atoms with Crippen LogP contribution in [0.25, 0.3) is 0 Å². The molecule has 2 nitrogen and oxygen atoms in total. The third-order valence-electron chi connectivity index (χ3n) is 5.04. The van der Waals surface area contributed by atoms with Crippen molar-refractivity contribution in [2.75, 3.05) is 10.6 Å². The topological polar surface area (TPSA) is 24.1 Å². The lowest BCUT2D eigenvalue weighted by atomic mass is 10.0. The molecule has 2 heteroatoms. The quantitative estimate of drug-likeness (QED) is 0.300. The third kappa shape index (κ3) is 5.99. The fourth-order valence-corrected chi connectivity index (χ4v) is 3.44. The standard InChI is InChI=1S/C29H26N2/c1-5-14-24(15-6-1)28(30-26-18-9-3-10-19-26)22-13-23-29(25-16-7-2-8-17-25)31-27-20-11-4-12-21-27/h1-12,14-23,28-31H/t13?,28-,29-/m0/s1. The molecule has 4 aromatic rings. The maximum Gasteiger partial charge on any atom is 0.0771 e. The lowest BCUT2D eigenvalue weighted by molar-refractivity contribution is 0.969. The van der Waals surface area contributed by atoms with Gasteiger partial charge in [-0.05, 0) is 47.5 Å². The van der Waals surface area contributed by atoms with Gasteiger partial charge in [0.25, 0.3) is 0 Å². The van der Waals surface area contributed by atoms with E-state index < -0.39 is 0 Å². The lowest BCUT2D eigenvalue weighted by Crippen LogP contribution is -2.09. The van der Waals surface area contributed by atoms with Crippen LogP contribution in [-0.4, -0.2) is 0 Å². The normalized spacial score (nSPS) is 12.1. The van der Waals surface area contributed by atoms with Gasteiger partial charge >= 0.3 is 0 Å². The van der Waals surface area contributed by atoms with Gasteiger partial charge in [0.1, 0.15) is 0 Å². The molecule has 2 atom stereocenters. The maximum absolute atomic E-state index is 3.60. The molecular formula is C29H26N2. The molecule has 0 unspecified atom stereocenters. The summed E-state index contributed by atoms with van der Waals surface area (Å²) in [6, 6.07) is 41.5. The van der Waals surface area contributed by atoms with E-state index in [0.29, 0.717) is 0 Å². The van der Waals surface area contributed by atoms with Crippen LogP contribution < -0.4 is 10.6 Å². The largest absolute Gasteiger partial charge is 0.374 e. The Bertz CT molecular complexity index is 1010. The molecule has 0 aliphatic rings. The third-order valence-corrected chi connectivity index (χ3v) is 5.04. The van der Waals surface area contributed by atoms with Crippen molar-refractivity contribution in [2.45, 2.75) is 12.1 Å². The van der Waals surface area contributed by atoms with Gasteiger partial charge in [0.05, 0.1) is 12.1 Å². The van der Waals surface area contributed by atoms with Crippen molar-refractivity contribution >= 4 is 11.4 Å². The summed E-state index contributed by atoms with van der Waals surface area (Å²) >= 11 is 0. The Morgan fingerprint density at radius 1 is 0.452 bits per heavy atom. The average molecular weight is 403 g/mol. The number of anilines is 2. The van der Waals surface area contributed by atoms with E-state index in [1.807, 2.05) is 48.5 Å². The Balaban J connectivity index is 1.61. The van der Waals surface area contributed by atoms with Crippen LogP contribution in [-0.2, 0) is 0 Å². The van der Waals surface area contributed by atoms with Gasteiger partial charge in [-0.1, -0.05) is 97.1 Å². The summed E-state index contributed by atoms with van der Waals surface area (Å²) in [5, 5.41) is 7.20. The summed E-state index contributed by atoms with van der Waals surface area (Å²) in [7, 11) is 0. The molecule has 0 amide bonds. The highest BCUT2D eigenvalue weighted by atomic mass is 14.9. The number of hydrogen-bond acceptors (Lipinski definition) is 2. The zero-order chi connectivity index (χ0) is 21.1. The van der Waals surface area contributed by atoms with Crippen LogP contribution in [0.5, 0.6) is 0 Å². The molecule has 0 saturated heterocycles. The highest BCUT2D eigenvalue weighted by Crippen LogP contribution is 2.23. The molecule has 4 aromatic carbocycles. The van der Waals surface area contributed by atoms with E-state index in [-0.39, 0.29) is 12.1 Å². The van der Waals surface area contributed by atoms with Crippen LogP contribution in [0.1, 0.15) is 23.2 Å². The number of nitrogens with one attached hydrogen (secondary N) is 2. The predicted octanol–water partition coefficient (Wildman–Crippen LogP) is 7.40. The molecule has 0 bridgehead atoms. The van der Waals surface area contributed by atoms with Gasteiger partial charge in [0, 0.05) is 11.4 Å². The first kappa shape index (κ1) is 20.3. The van der Waals surface area contributed by atoms with E-state index in [9.17, 15) is 0 Å². The summed E-state index contributed by atoms with van der Waals surface area (Å²) in [6.07, 6.45) is 4.18. The zero-order valence-electron chi connectivity index (χ0n) is 17.4. The minimum Gasteiger partial charge on any atom is -0.374 e. The molecule has 2 N–H and O–H groups in total. The van der Waals surface area contributed by atoms with Crippen molar-refractivity contribution in [3.63, 3.8) is 0 Å². The lowest BCUT2D eigenvalue weighted by Gasteiger charge is -2.17. The molecule has 152 valence electrons. The van der Waals surface area contributed by atoms with Gasteiger partial charge in [-0.15, -0.1) is 5.73 Å². The van der Waals surface area contributed by atoms with Crippen LogP contribution in [0.4, 0.5) is 11.4 Å².